The maximum absolute atomic E-state index is 9.68. The van der Waals surface area contributed by atoms with Gasteiger partial charge in [-0.3, -0.25) is 0 Å². The zero-order valence-corrected chi connectivity index (χ0v) is 4.09. The molecule has 44 valence electrons. The number of carboxylic acids is 1. The molecular weight excluding hydrogens is 103 g/mol. The Hall–Kier alpha value is 0.0274. The molecule has 0 radical (unpaired) electrons. The van der Waals surface area contributed by atoms with Crippen LogP contribution in [0.4, 0.5) is 0 Å². The molecule has 4 heteroatoms. The van der Waals surface area contributed by atoms with Crippen molar-refractivity contribution in [3.05, 3.63) is 0 Å². The predicted molar refractivity (Wildman–Crippen MR) is 31.1 cm³/mol. The second-order valence-electron chi connectivity index (χ2n) is 1.26. The number of hydrogen-bond donors (Lipinski definition) is 2. The van der Waals surface area contributed by atoms with E-state index in [2.05, 4.69) is 0 Å². The maximum atomic E-state index is 9.68. The van der Waals surface area contributed by atoms with Crippen molar-refractivity contribution in [3.8, 4) is 0 Å². The Morgan fingerprint density at radius 1 is 1.75 bits per heavy atom. The molecule has 2 N–H and O–H groups in total. The van der Waals surface area contributed by atoms with E-state index in [-0.39, 0.29) is 25.3 Å². The molecule has 0 saturated carbocycles. The van der Waals surface area contributed by atoms with Crippen molar-refractivity contribution in [3.63, 3.8) is 0 Å². The third-order valence-corrected chi connectivity index (χ3v) is 0.672. The molecule has 0 aliphatic rings. The molecular formula is C4H9LiO3. The number of carboxylic acid groups (broad SMARTS) is 1. The SMILES string of the molecule is CCC(O)C(=O)O.[LiH]. The van der Waals surface area contributed by atoms with Gasteiger partial charge in [0.25, 0.3) is 0 Å². The second-order valence-corrected chi connectivity index (χ2v) is 1.26. The standard InChI is InChI=1S/C4H8O3.Li.H/c1-2-3(5)4(6)7;;/h3,5H,2H2,1H3,(H,6,7);;. The van der Waals surface area contributed by atoms with Gasteiger partial charge in [-0.1, -0.05) is 6.92 Å². The monoisotopic (exact) mass is 112 g/mol. The predicted octanol–water partition coefficient (Wildman–Crippen LogP) is -0.807. The van der Waals surface area contributed by atoms with E-state index < -0.39 is 12.1 Å². The molecule has 0 fully saturated rings. The van der Waals surface area contributed by atoms with E-state index in [0.717, 1.165) is 0 Å². The number of aliphatic hydroxyl groups is 1. The third kappa shape index (κ3) is 4.19. The third-order valence-electron chi connectivity index (χ3n) is 0.672. The Bertz CT molecular complexity index is 73.7. The van der Waals surface area contributed by atoms with Gasteiger partial charge in [-0.25, -0.2) is 4.79 Å². The van der Waals surface area contributed by atoms with E-state index in [9.17, 15) is 4.79 Å². The average molecular weight is 112 g/mol. The fourth-order valence-electron chi connectivity index (χ4n) is 0.175. The van der Waals surface area contributed by atoms with E-state index >= 15 is 0 Å². The molecule has 0 bridgehead atoms. The van der Waals surface area contributed by atoms with Crippen molar-refractivity contribution in [2.24, 2.45) is 0 Å². The first kappa shape index (κ1) is 10.9. The summed E-state index contributed by atoms with van der Waals surface area (Å²) in [4.78, 5) is 9.68. The number of rotatable bonds is 2. The van der Waals surface area contributed by atoms with Crippen molar-refractivity contribution >= 4 is 24.8 Å². The van der Waals surface area contributed by atoms with Gasteiger partial charge in [-0.2, -0.15) is 0 Å². The minimum absolute atomic E-state index is 0. The fourth-order valence-corrected chi connectivity index (χ4v) is 0.175. The molecule has 0 aromatic heterocycles. The molecule has 0 saturated heterocycles. The number of aliphatic carboxylic acids is 1. The van der Waals surface area contributed by atoms with Crippen molar-refractivity contribution in [2.75, 3.05) is 0 Å². The van der Waals surface area contributed by atoms with Crippen molar-refractivity contribution < 1.29 is 15.0 Å². The molecule has 8 heavy (non-hydrogen) atoms. The van der Waals surface area contributed by atoms with Crippen LogP contribution in [-0.2, 0) is 4.79 Å². The molecule has 1 atom stereocenters. The second kappa shape index (κ2) is 5.17. The van der Waals surface area contributed by atoms with Crippen molar-refractivity contribution in [1.29, 1.82) is 0 Å². The van der Waals surface area contributed by atoms with E-state index in [1.165, 1.54) is 0 Å². The van der Waals surface area contributed by atoms with Crippen LogP contribution in [0, 0.1) is 0 Å². The molecule has 0 aliphatic carbocycles. The van der Waals surface area contributed by atoms with Crippen molar-refractivity contribution in [2.45, 2.75) is 19.4 Å². The first-order chi connectivity index (χ1) is 3.18. The molecule has 3 nitrogen and oxygen atoms in total. The van der Waals surface area contributed by atoms with Gasteiger partial charge in [0.2, 0.25) is 0 Å². The molecule has 0 amide bonds. The van der Waals surface area contributed by atoms with Crippen molar-refractivity contribution in [1.82, 2.24) is 0 Å². The average Bonchev–Trinajstić information content (AvgIpc) is 1.65. The van der Waals surface area contributed by atoms with Crippen LogP contribution in [0.2, 0.25) is 0 Å². The van der Waals surface area contributed by atoms with Crippen LogP contribution in [0.15, 0.2) is 0 Å². The van der Waals surface area contributed by atoms with Gasteiger partial charge < -0.3 is 10.2 Å². The molecule has 0 spiro atoms. The molecule has 0 aromatic rings. The first-order valence-corrected chi connectivity index (χ1v) is 2.09. The van der Waals surface area contributed by atoms with E-state index in [1.807, 2.05) is 0 Å². The molecule has 0 aromatic carbocycles. The topological polar surface area (TPSA) is 57.5 Å². The quantitative estimate of drug-likeness (QED) is 0.459. The van der Waals surface area contributed by atoms with Crippen LogP contribution < -0.4 is 0 Å². The van der Waals surface area contributed by atoms with Gasteiger partial charge >= 0.3 is 24.8 Å². The zero-order valence-electron chi connectivity index (χ0n) is 4.09. The molecule has 1 unspecified atom stereocenters. The van der Waals surface area contributed by atoms with Gasteiger partial charge in [-0.05, 0) is 6.42 Å². The Labute approximate surface area is 59.9 Å². The molecule has 0 heterocycles. The van der Waals surface area contributed by atoms with Crippen LogP contribution in [0.1, 0.15) is 13.3 Å². The van der Waals surface area contributed by atoms with Gasteiger partial charge in [0.15, 0.2) is 6.10 Å². The van der Waals surface area contributed by atoms with E-state index in [4.69, 9.17) is 10.2 Å². The Kier molecular flexibility index (Phi) is 7.05. The zero-order chi connectivity index (χ0) is 5.86. The van der Waals surface area contributed by atoms with Gasteiger partial charge in [-0.15, -0.1) is 0 Å². The fraction of sp³-hybridized carbons (Fsp3) is 0.750. The van der Waals surface area contributed by atoms with Crippen LogP contribution in [-0.4, -0.2) is 41.1 Å². The molecule has 0 aliphatic heterocycles. The summed E-state index contributed by atoms with van der Waals surface area (Å²) in [6, 6.07) is 0. The summed E-state index contributed by atoms with van der Waals surface area (Å²) in [6.45, 7) is 1.61. The number of carbonyl (C=O) groups is 1. The Morgan fingerprint density at radius 2 is 2.12 bits per heavy atom. The Morgan fingerprint density at radius 3 is 2.12 bits per heavy atom. The van der Waals surface area contributed by atoms with Gasteiger partial charge in [0, 0.05) is 0 Å². The van der Waals surface area contributed by atoms with Gasteiger partial charge in [0.05, 0.1) is 0 Å². The van der Waals surface area contributed by atoms with E-state index in [0.29, 0.717) is 0 Å². The number of aliphatic hydroxyl groups excluding tert-OH is 1. The summed E-state index contributed by atoms with van der Waals surface area (Å²) in [5, 5.41) is 16.3. The van der Waals surface area contributed by atoms with Crippen LogP contribution >= 0.6 is 0 Å². The summed E-state index contributed by atoms with van der Waals surface area (Å²) in [6.07, 6.45) is -0.907. The van der Waals surface area contributed by atoms with Gasteiger partial charge in [0.1, 0.15) is 0 Å². The first-order valence-electron chi connectivity index (χ1n) is 2.09. The summed E-state index contributed by atoms with van der Waals surface area (Å²) >= 11 is 0. The van der Waals surface area contributed by atoms with Crippen LogP contribution in [0.5, 0.6) is 0 Å². The molecule has 0 rings (SSSR count). The number of hydrogen-bond acceptors (Lipinski definition) is 2. The van der Waals surface area contributed by atoms with E-state index in [1.54, 1.807) is 6.92 Å². The normalized spacial score (nSPS) is 11.8. The summed E-state index contributed by atoms with van der Waals surface area (Å²) < 4.78 is 0. The summed E-state index contributed by atoms with van der Waals surface area (Å²) in [7, 11) is 0. The van der Waals surface area contributed by atoms with Crippen LogP contribution in [0.25, 0.3) is 0 Å². The van der Waals surface area contributed by atoms with Crippen LogP contribution in [0.3, 0.4) is 0 Å². The Balaban J connectivity index is 0. The summed E-state index contributed by atoms with van der Waals surface area (Å²) in [5.41, 5.74) is 0. The summed E-state index contributed by atoms with van der Waals surface area (Å²) in [5.74, 6) is -1.15. The minimum atomic E-state index is -1.18.